The zero-order valence-electron chi connectivity index (χ0n) is 16.7. The van der Waals surface area contributed by atoms with Crippen LogP contribution in [0.1, 0.15) is 6.42 Å². The van der Waals surface area contributed by atoms with Gasteiger partial charge in [-0.25, -0.2) is 0 Å². The van der Waals surface area contributed by atoms with E-state index in [1.165, 1.54) is 44.4 Å². The summed E-state index contributed by atoms with van der Waals surface area (Å²) in [6.07, 6.45) is -0.00173. The van der Waals surface area contributed by atoms with Crippen LogP contribution in [0.2, 0.25) is 0 Å². The van der Waals surface area contributed by atoms with Gasteiger partial charge in [-0.2, -0.15) is 0 Å². The summed E-state index contributed by atoms with van der Waals surface area (Å²) in [5.41, 5.74) is 0.657. The van der Waals surface area contributed by atoms with Crippen LogP contribution in [0.25, 0.3) is 0 Å². The van der Waals surface area contributed by atoms with Crippen molar-refractivity contribution in [2.75, 3.05) is 38.1 Å². The van der Waals surface area contributed by atoms with Crippen molar-refractivity contribution in [3.63, 3.8) is 0 Å². The highest BCUT2D eigenvalue weighted by molar-refractivity contribution is 6.04. The van der Waals surface area contributed by atoms with Gasteiger partial charge in [0.1, 0.15) is 17.2 Å². The average molecular weight is 415 g/mol. The summed E-state index contributed by atoms with van der Waals surface area (Å²) >= 11 is 0. The largest absolute Gasteiger partial charge is 0.497 e. The maximum Gasteiger partial charge on any atom is 0.273 e. The molecule has 1 heterocycles. The molecule has 1 saturated heterocycles. The van der Waals surface area contributed by atoms with E-state index in [9.17, 15) is 19.7 Å². The van der Waals surface area contributed by atoms with Crippen molar-refractivity contribution < 1.29 is 28.7 Å². The van der Waals surface area contributed by atoms with Gasteiger partial charge in [0.25, 0.3) is 5.69 Å². The molecular weight excluding hydrogens is 394 g/mol. The Morgan fingerprint density at radius 2 is 1.83 bits per heavy atom. The van der Waals surface area contributed by atoms with Gasteiger partial charge in [0.2, 0.25) is 11.8 Å². The Labute approximate surface area is 172 Å². The first kappa shape index (κ1) is 20.9. The molecule has 1 atom stereocenters. The van der Waals surface area contributed by atoms with Crippen LogP contribution >= 0.6 is 0 Å². The fourth-order valence-electron chi connectivity index (χ4n) is 3.27. The van der Waals surface area contributed by atoms with Gasteiger partial charge in [0, 0.05) is 25.1 Å². The average Bonchev–Trinajstić information content (AvgIpc) is 3.14. The highest BCUT2D eigenvalue weighted by atomic mass is 16.6. The lowest BCUT2D eigenvalue weighted by Gasteiger charge is -2.19. The molecule has 158 valence electrons. The molecule has 2 amide bonds. The molecule has 0 bridgehead atoms. The summed E-state index contributed by atoms with van der Waals surface area (Å²) in [5, 5.41) is 13.8. The number of nitro groups is 1. The molecule has 3 rings (SSSR count). The summed E-state index contributed by atoms with van der Waals surface area (Å²) in [5.74, 6) is -0.0484. The van der Waals surface area contributed by atoms with Gasteiger partial charge in [-0.05, 0) is 18.2 Å². The number of nitrogens with zero attached hydrogens (tertiary/aromatic N) is 2. The smallest absolute Gasteiger partial charge is 0.273 e. The van der Waals surface area contributed by atoms with Crippen molar-refractivity contribution in [2.24, 2.45) is 5.92 Å². The number of nitro benzene ring substituents is 1. The lowest BCUT2D eigenvalue weighted by atomic mass is 10.1. The Morgan fingerprint density at radius 3 is 2.47 bits per heavy atom. The van der Waals surface area contributed by atoms with E-state index in [1.54, 1.807) is 18.2 Å². The Kier molecular flexibility index (Phi) is 6.05. The first-order valence-electron chi connectivity index (χ1n) is 9.03. The highest BCUT2D eigenvalue weighted by Crippen LogP contribution is 2.36. The summed E-state index contributed by atoms with van der Waals surface area (Å²) in [6.45, 7) is 0.116. The maximum absolute atomic E-state index is 12.8. The second-order valence-corrected chi connectivity index (χ2v) is 6.57. The minimum atomic E-state index is -0.617. The van der Waals surface area contributed by atoms with Gasteiger partial charge in [0.15, 0.2) is 0 Å². The number of amides is 2. The van der Waals surface area contributed by atoms with Crippen molar-refractivity contribution in [3.8, 4) is 17.2 Å². The minimum absolute atomic E-state index is 0.00173. The van der Waals surface area contributed by atoms with E-state index in [0.29, 0.717) is 22.9 Å². The molecule has 0 aliphatic carbocycles. The molecule has 0 spiro atoms. The topological polar surface area (TPSA) is 120 Å². The zero-order valence-corrected chi connectivity index (χ0v) is 16.7. The molecular formula is C20H21N3O7. The monoisotopic (exact) mass is 415 g/mol. The molecule has 0 radical (unpaired) electrons. The molecule has 0 saturated carbocycles. The Bertz CT molecular complexity index is 992. The van der Waals surface area contributed by atoms with Crippen LogP contribution in [-0.2, 0) is 9.59 Å². The van der Waals surface area contributed by atoms with E-state index >= 15 is 0 Å². The summed E-state index contributed by atoms with van der Waals surface area (Å²) in [6, 6.07) is 8.99. The highest BCUT2D eigenvalue weighted by Gasteiger charge is 2.37. The number of carbonyl (C=O) groups is 2. The lowest BCUT2D eigenvalue weighted by Crippen LogP contribution is -2.28. The number of anilines is 2. The maximum atomic E-state index is 12.8. The minimum Gasteiger partial charge on any atom is -0.497 e. The fraction of sp³-hybridized carbons (Fsp3) is 0.300. The Hall–Kier alpha value is -3.82. The molecule has 1 fully saturated rings. The van der Waals surface area contributed by atoms with Crippen molar-refractivity contribution in [1.29, 1.82) is 0 Å². The molecule has 2 aromatic rings. The van der Waals surface area contributed by atoms with Crippen LogP contribution in [0.5, 0.6) is 17.2 Å². The van der Waals surface area contributed by atoms with Crippen LogP contribution < -0.4 is 24.4 Å². The van der Waals surface area contributed by atoms with Crippen LogP contribution in [0, 0.1) is 16.0 Å². The van der Waals surface area contributed by atoms with E-state index in [1.807, 2.05) is 0 Å². The normalized spacial score (nSPS) is 15.6. The number of carbonyl (C=O) groups excluding carboxylic acids is 2. The number of non-ortho nitro benzene ring substituents is 1. The SMILES string of the molecule is COc1ccc(OC)c(NC(=O)[C@@H]2CC(=O)N(c3ccc([N+](=O)[O-])cc3OC)C2)c1. The van der Waals surface area contributed by atoms with Crippen molar-refractivity contribution in [1.82, 2.24) is 0 Å². The standard InChI is InChI=1S/C20H21N3O7/c1-28-14-5-7-17(29-2)15(10-14)21-20(25)12-8-19(24)22(11-12)16-6-4-13(23(26)27)9-18(16)30-3/h4-7,9-10,12H,8,11H2,1-3H3,(H,21,25)/t12-/m1/s1. The second-order valence-electron chi connectivity index (χ2n) is 6.57. The number of hydrogen-bond acceptors (Lipinski definition) is 7. The number of rotatable bonds is 7. The van der Waals surface area contributed by atoms with Crippen molar-refractivity contribution in [3.05, 3.63) is 46.5 Å². The first-order chi connectivity index (χ1) is 14.4. The first-order valence-corrected chi connectivity index (χ1v) is 9.03. The van der Waals surface area contributed by atoms with Crippen LogP contribution in [0.3, 0.4) is 0 Å². The van der Waals surface area contributed by atoms with Crippen LogP contribution in [0.15, 0.2) is 36.4 Å². The van der Waals surface area contributed by atoms with E-state index in [-0.39, 0.29) is 36.2 Å². The van der Waals surface area contributed by atoms with E-state index in [4.69, 9.17) is 14.2 Å². The predicted octanol–water partition coefficient (Wildman–Crippen LogP) is 2.61. The van der Waals surface area contributed by atoms with E-state index < -0.39 is 10.8 Å². The van der Waals surface area contributed by atoms with Gasteiger partial charge >= 0.3 is 0 Å². The van der Waals surface area contributed by atoms with Crippen LogP contribution in [-0.4, -0.2) is 44.6 Å². The van der Waals surface area contributed by atoms with Crippen molar-refractivity contribution in [2.45, 2.75) is 6.42 Å². The van der Waals surface area contributed by atoms with Gasteiger partial charge in [-0.15, -0.1) is 0 Å². The number of nitrogens with one attached hydrogen (secondary N) is 1. The molecule has 0 aromatic heterocycles. The summed E-state index contributed by atoms with van der Waals surface area (Å²) in [4.78, 5) is 37.2. The quantitative estimate of drug-likeness (QED) is 0.545. The number of ether oxygens (including phenoxy) is 3. The van der Waals surface area contributed by atoms with Gasteiger partial charge in [-0.3, -0.25) is 19.7 Å². The van der Waals surface area contributed by atoms with Gasteiger partial charge in [0.05, 0.1) is 49.6 Å². The molecule has 0 unspecified atom stereocenters. The Balaban J connectivity index is 1.79. The molecule has 1 aliphatic heterocycles. The predicted molar refractivity (Wildman–Crippen MR) is 108 cm³/mol. The van der Waals surface area contributed by atoms with Gasteiger partial charge in [-0.1, -0.05) is 0 Å². The van der Waals surface area contributed by atoms with Gasteiger partial charge < -0.3 is 24.4 Å². The molecule has 2 aromatic carbocycles. The van der Waals surface area contributed by atoms with Crippen LogP contribution in [0.4, 0.5) is 17.1 Å². The zero-order chi connectivity index (χ0) is 21.8. The lowest BCUT2D eigenvalue weighted by molar-refractivity contribution is -0.384. The third kappa shape index (κ3) is 4.12. The van der Waals surface area contributed by atoms with E-state index in [0.717, 1.165) is 0 Å². The molecule has 30 heavy (non-hydrogen) atoms. The number of hydrogen-bond donors (Lipinski definition) is 1. The summed E-state index contributed by atoms with van der Waals surface area (Å²) < 4.78 is 15.7. The fourth-order valence-corrected chi connectivity index (χ4v) is 3.27. The summed E-state index contributed by atoms with van der Waals surface area (Å²) in [7, 11) is 4.36. The van der Waals surface area contributed by atoms with E-state index in [2.05, 4.69) is 5.32 Å². The number of methoxy groups -OCH3 is 3. The number of benzene rings is 2. The molecule has 1 aliphatic rings. The molecule has 10 nitrogen and oxygen atoms in total. The second kappa shape index (κ2) is 8.68. The van der Waals surface area contributed by atoms with Crippen molar-refractivity contribution >= 4 is 28.9 Å². The molecule has 1 N–H and O–H groups in total. The third-order valence-electron chi connectivity index (χ3n) is 4.83. The third-order valence-corrected chi connectivity index (χ3v) is 4.83. The Morgan fingerprint density at radius 1 is 1.10 bits per heavy atom. The molecule has 10 heteroatoms.